The number of aromatic nitrogens is 2. The molecule has 3 rings (SSSR count). The number of benzene rings is 1. The molecular formula is C21H25F6N5. The fourth-order valence-corrected chi connectivity index (χ4v) is 3.75. The summed E-state index contributed by atoms with van der Waals surface area (Å²) in [6.45, 7) is 7.82. The second-order valence-electron chi connectivity index (χ2n) is 8.21. The Morgan fingerprint density at radius 1 is 1.06 bits per heavy atom. The van der Waals surface area contributed by atoms with Crippen LogP contribution in [0, 0.1) is 6.92 Å². The van der Waals surface area contributed by atoms with Crippen molar-refractivity contribution in [2.75, 3.05) is 23.7 Å². The van der Waals surface area contributed by atoms with Crippen LogP contribution in [0.5, 0.6) is 0 Å². The van der Waals surface area contributed by atoms with Crippen LogP contribution in [-0.4, -0.2) is 46.6 Å². The number of halogens is 6. The predicted octanol–water partition coefficient (Wildman–Crippen LogP) is 5.69. The molecule has 176 valence electrons. The van der Waals surface area contributed by atoms with Gasteiger partial charge in [0.2, 0.25) is 0 Å². The summed E-state index contributed by atoms with van der Waals surface area (Å²) in [7, 11) is 0. The van der Waals surface area contributed by atoms with Gasteiger partial charge in [0, 0.05) is 24.2 Å². The van der Waals surface area contributed by atoms with Crippen molar-refractivity contribution in [3.63, 3.8) is 0 Å². The maximum absolute atomic E-state index is 13.0. The van der Waals surface area contributed by atoms with Gasteiger partial charge in [0.05, 0.1) is 16.9 Å². The van der Waals surface area contributed by atoms with Gasteiger partial charge in [-0.1, -0.05) is 6.07 Å². The molecule has 1 aromatic carbocycles. The van der Waals surface area contributed by atoms with Crippen molar-refractivity contribution in [1.82, 2.24) is 15.1 Å². The molecule has 1 atom stereocenters. The third kappa shape index (κ3) is 6.02. The zero-order chi connectivity index (χ0) is 23.7. The van der Waals surface area contributed by atoms with Crippen LogP contribution in [0.1, 0.15) is 37.8 Å². The number of nitrogens with zero attached hydrogens (tertiary/aromatic N) is 3. The summed E-state index contributed by atoms with van der Waals surface area (Å²) in [5.74, 6) is 0.501. The van der Waals surface area contributed by atoms with E-state index < -0.39 is 23.7 Å². The maximum Gasteiger partial charge on any atom is 0.482 e. The highest BCUT2D eigenvalue weighted by atomic mass is 19.4. The molecular weight excluding hydrogens is 436 g/mol. The van der Waals surface area contributed by atoms with Crippen LogP contribution in [0.15, 0.2) is 24.3 Å². The largest absolute Gasteiger partial charge is 0.482 e. The van der Waals surface area contributed by atoms with E-state index in [-0.39, 0.29) is 17.3 Å². The highest BCUT2D eigenvalue weighted by Gasteiger charge is 2.34. The minimum Gasteiger partial charge on any atom is -0.364 e. The van der Waals surface area contributed by atoms with E-state index in [1.807, 2.05) is 0 Å². The average molecular weight is 461 g/mol. The summed E-state index contributed by atoms with van der Waals surface area (Å²) in [6, 6.07) is 4.20. The molecule has 1 aromatic heterocycles. The number of hydrogen-bond acceptors (Lipinski definition) is 5. The van der Waals surface area contributed by atoms with Crippen molar-refractivity contribution in [3.05, 3.63) is 35.4 Å². The Morgan fingerprint density at radius 3 is 2.38 bits per heavy atom. The first-order valence-corrected chi connectivity index (χ1v) is 10.2. The highest BCUT2D eigenvalue weighted by Crippen LogP contribution is 2.37. The van der Waals surface area contributed by atoms with Crippen molar-refractivity contribution >= 4 is 11.5 Å². The summed E-state index contributed by atoms with van der Waals surface area (Å²) < 4.78 is 77.8. The maximum atomic E-state index is 13.0. The van der Waals surface area contributed by atoms with Crippen molar-refractivity contribution in [2.24, 2.45) is 0 Å². The summed E-state index contributed by atoms with van der Waals surface area (Å²) in [5.41, 5.74) is -1.37. The van der Waals surface area contributed by atoms with E-state index in [0.29, 0.717) is 23.5 Å². The van der Waals surface area contributed by atoms with Gasteiger partial charge in [-0.3, -0.25) is 10.2 Å². The van der Waals surface area contributed by atoms with Gasteiger partial charge < -0.3 is 5.32 Å². The lowest BCUT2D eigenvalue weighted by Gasteiger charge is -2.36. The molecule has 2 N–H and O–H groups in total. The Balaban J connectivity index is 1.88. The van der Waals surface area contributed by atoms with Gasteiger partial charge in [0.25, 0.3) is 0 Å². The molecule has 5 nitrogen and oxygen atoms in total. The molecule has 2 aromatic rings. The summed E-state index contributed by atoms with van der Waals surface area (Å²) in [4.78, 5) is 2.34. The minimum atomic E-state index is -4.91. The van der Waals surface area contributed by atoms with Gasteiger partial charge in [-0.15, -0.1) is 10.2 Å². The summed E-state index contributed by atoms with van der Waals surface area (Å²) in [5, 5.41) is 12.6. The lowest BCUT2D eigenvalue weighted by Crippen LogP contribution is -2.45. The lowest BCUT2D eigenvalue weighted by atomic mass is 10.0. The second kappa shape index (κ2) is 9.13. The number of rotatable bonds is 5. The molecule has 0 aliphatic carbocycles. The minimum absolute atomic E-state index is 0.0426. The quantitative estimate of drug-likeness (QED) is 0.443. The van der Waals surface area contributed by atoms with Crippen LogP contribution in [0.4, 0.5) is 37.8 Å². The molecule has 0 bridgehead atoms. The van der Waals surface area contributed by atoms with Crippen molar-refractivity contribution in [3.8, 4) is 11.3 Å². The molecule has 1 fully saturated rings. The van der Waals surface area contributed by atoms with Crippen molar-refractivity contribution in [2.45, 2.75) is 58.2 Å². The lowest BCUT2D eigenvalue weighted by molar-refractivity contribution is -0.137. The molecule has 0 saturated carbocycles. The number of anilines is 2. The Kier molecular flexibility index (Phi) is 6.87. The first-order chi connectivity index (χ1) is 14.8. The van der Waals surface area contributed by atoms with Crippen molar-refractivity contribution in [1.29, 1.82) is 0 Å². The molecule has 1 aliphatic heterocycles. The van der Waals surface area contributed by atoms with Crippen LogP contribution in [0.25, 0.3) is 11.3 Å². The fraction of sp³-hybridized carbons (Fsp3) is 0.524. The van der Waals surface area contributed by atoms with Gasteiger partial charge in [-0.25, -0.2) is 0 Å². The third-order valence-corrected chi connectivity index (χ3v) is 5.41. The number of hydrogen-bond donors (Lipinski definition) is 2. The van der Waals surface area contributed by atoms with E-state index in [9.17, 15) is 26.3 Å². The number of aryl methyl sites for hydroxylation is 1. The monoisotopic (exact) mass is 461 g/mol. The molecule has 0 unspecified atom stereocenters. The van der Waals surface area contributed by atoms with Crippen LogP contribution in [0.2, 0.25) is 0 Å². The van der Waals surface area contributed by atoms with E-state index in [1.54, 1.807) is 6.92 Å². The predicted molar refractivity (Wildman–Crippen MR) is 110 cm³/mol. The molecule has 0 spiro atoms. The molecule has 11 heteroatoms. The summed E-state index contributed by atoms with van der Waals surface area (Å²) in [6.07, 6.45) is -7.71. The number of likely N-dealkylation sites (tertiary alicyclic amines) is 1. The highest BCUT2D eigenvalue weighted by molar-refractivity contribution is 5.77. The van der Waals surface area contributed by atoms with E-state index in [4.69, 9.17) is 0 Å². The Hall–Kier alpha value is -2.56. The first kappa shape index (κ1) is 24.1. The van der Waals surface area contributed by atoms with Gasteiger partial charge in [0.1, 0.15) is 0 Å². The Morgan fingerprint density at radius 2 is 1.78 bits per heavy atom. The topological polar surface area (TPSA) is 53.1 Å². The number of alkyl halides is 6. The molecule has 0 radical (unpaired) electrons. The SMILES string of the molecule is Cc1cc(-c2ccc(C(F)(F)F)cc2NC(F)(F)F)nnc1N[C@@H]1CCCN(C(C)C)C1. The first-order valence-electron chi connectivity index (χ1n) is 10.2. The number of piperidine rings is 1. The molecule has 1 aliphatic rings. The Labute approximate surface area is 182 Å². The fourth-order valence-electron chi connectivity index (χ4n) is 3.75. The number of nitrogens with one attached hydrogen (secondary N) is 2. The van der Waals surface area contributed by atoms with Gasteiger partial charge in [0.15, 0.2) is 5.82 Å². The van der Waals surface area contributed by atoms with Gasteiger partial charge in [-0.05, 0) is 63.9 Å². The molecule has 0 amide bonds. The van der Waals surface area contributed by atoms with E-state index in [0.717, 1.165) is 38.1 Å². The van der Waals surface area contributed by atoms with Crippen molar-refractivity contribution < 1.29 is 26.3 Å². The van der Waals surface area contributed by atoms with Gasteiger partial charge >= 0.3 is 12.5 Å². The van der Waals surface area contributed by atoms with Gasteiger partial charge in [-0.2, -0.15) is 26.3 Å². The molecule has 32 heavy (non-hydrogen) atoms. The Bertz CT molecular complexity index is 941. The van der Waals surface area contributed by atoms with E-state index in [2.05, 4.69) is 34.3 Å². The summed E-state index contributed by atoms with van der Waals surface area (Å²) >= 11 is 0. The second-order valence-corrected chi connectivity index (χ2v) is 8.21. The molecule has 1 saturated heterocycles. The van der Waals surface area contributed by atoms with Crippen LogP contribution < -0.4 is 10.6 Å². The zero-order valence-electron chi connectivity index (χ0n) is 17.9. The third-order valence-electron chi connectivity index (χ3n) is 5.41. The zero-order valence-corrected chi connectivity index (χ0v) is 17.9. The van der Waals surface area contributed by atoms with Crippen LogP contribution >= 0.6 is 0 Å². The van der Waals surface area contributed by atoms with Crippen LogP contribution in [-0.2, 0) is 6.18 Å². The standard InChI is InChI=1S/C21H25F6N5/c1-12(2)32-8-4-5-15(11-32)28-19-13(3)9-18(30-31-19)16-7-6-14(20(22,23)24)10-17(16)29-21(25,26)27/h6-7,9-10,12,15,29H,4-5,8,11H2,1-3H3,(H,28,31)/t15-/m1/s1. The van der Waals surface area contributed by atoms with E-state index >= 15 is 0 Å². The average Bonchev–Trinajstić information content (AvgIpc) is 2.68. The molecule has 2 heterocycles. The van der Waals surface area contributed by atoms with Crippen LogP contribution in [0.3, 0.4) is 0 Å². The normalized spacial score (nSPS) is 18.1. The smallest absolute Gasteiger partial charge is 0.364 e. The van der Waals surface area contributed by atoms with E-state index in [1.165, 1.54) is 11.4 Å².